The first kappa shape index (κ1) is 14.9. The van der Waals surface area contributed by atoms with Gasteiger partial charge in [-0.1, -0.05) is 24.8 Å². The fraction of sp³-hybridized carbons (Fsp3) is 0.0588. The Balaban J connectivity index is 1.88. The lowest BCUT2D eigenvalue weighted by Crippen LogP contribution is -2.39. The highest BCUT2D eigenvalue weighted by Gasteiger charge is 2.18. The van der Waals surface area contributed by atoms with Crippen molar-refractivity contribution < 1.29 is 18.1 Å². The maximum atomic E-state index is 13.6. The largest absolute Gasteiger partial charge is 0.318 e. The number of aromatic nitrogens is 2. The molecule has 0 spiro atoms. The number of hydrogen-bond acceptors (Lipinski definition) is 1. The third-order valence-electron chi connectivity index (χ3n) is 3.47. The summed E-state index contributed by atoms with van der Waals surface area (Å²) in [4.78, 5) is 12.1. The molecule has 0 unspecified atom stereocenters. The second-order valence-corrected chi connectivity index (χ2v) is 4.97. The van der Waals surface area contributed by atoms with E-state index >= 15 is 0 Å². The Morgan fingerprint density at radius 1 is 1.17 bits per heavy atom. The van der Waals surface area contributed by atoms with Gasteiger partial charge in [-0.25, -0.2) is 17.9 Å². The van der Waals surface area contributed by atoms with Crippen LogP contribution in [-0.2, 0) is 11.3 Å². The number of hydrogen-bond donors (Lipinski definition) is 1. The highest BCUT2D eigenvalue weighted by Crippen LogP contribution is 2.18. The van der Waals surface area contributed by atoms with E-state index in [0.717, 1.165) is 23.2 Å². The molecule has 3 rings (SSSR count). The molecule has 23 heavy (non-hydrogen) atoms. The molecule has 0 saturated heterocycles. The maximum absolute atomic E-state index is 13.6. The standard InChI is InChI=1S/C17H13F2N3O/c1-2-21-11-22(15-9-4-3-8-14(15)21)10-16(23)20-17-12(18)6-5-7-13(17)19/h2-9,11H,1,10H2/p+1. The van der Waals surface area contributed by atoms with Gasteiger partial charge in [0.2, 0.25) is 6.33 Å². The molecule has 1 N–H and O–H groups in total. The average Bonchev–Trinajstić information content (AvgIpc) is 2.89. The Hall–Kier alpha value is -3.02. The summed E-state index contributed by atoms with van der Waals surface area (Å²) in [6.07, 6.45) is 3.32. The normalized spacial score (nSPS) is 10.7. The molecular formula is C17H14F2N3O+. The van der Waals surface area contributed by atoms with Crippen molar-refractivity contribution in [3.05, 3.63) is 67.0 Å². The van der Waals surface area contributed by atoms with Crippen LogP contribution in [0.4, 0.5) is 14.5 Å². The van der Waals surface area contributed by atoms with Crippen LogP contribution in [0.2, 0.25) is 0 Å². The van der Waals surface area contributed by atoms with Gasteiger partial charge in [-0.15, -0.1) is 0 Å². The fourth-order valence-electron chi connectivity index (χ4n) is 2.42. The van der Waals surface area contributed by atoms with Gasteiger partial charge in [0, 0.05) is 0 Å². The molecule has 6 heteroatoms. The van der Waals surface area contributed by atoms with Gasteiger partial charge in [0.05, 0.1) is 6.20 Å². The molecular weight excluding hydrogens is 300 g/mol. The van der Waals surface area contributed by atoms with Crippen molar-refractivity contribution >= 4 is 28.8 Å². The van der Waals surface area contributed by atoms with Gasteiger partial charge < -0.3 is 5.32 Å². The van der Waals surface area contributed by atoms with Crippen LogP contribution >= 0.6 is 0 Å². The Bertz CT molecular complexity index is 882. The van der Waals surface area contributed by atoms with E-state index in [4.69, 9.17) is 0 Å². The van der Waals surface area contributed by atoms with Gasteiger partial charge in [-0.2, -0.15) is 0 Å². The predicted molar refractivity (Wildman–Crippen MR) is 83.5 cm³/mol. The Labute approximate surface area is 131 Å². The summed E-state index contributed by atoms with van der Waals surface area (Å²) < 4.78 is 30.6. The number of fused-ring (bicyclic) bond motifs is 1. The van der Waals surface area contributed by atoms with Gasteiger partial charge in [0.25, 0.3) is 5.91 Å². The SMILES string of the molecule is C=Cn1c[n+](CC(=O)Nc2c(F)cccc2F)c2ccccc21. The summed E-state index contributed by atoms with van der Waals surface area (Å²) in [6, 6.07) is 10.9. The molecule has 1 amide bonds. The van der Waals surface area contributed by atoms with E-state index in [1.807, 2.05) is 24.3 Å². The van der Waals surface area contributed by atoms with Crippen LogP contribution in [0.25, 0.3) is 17.2 Å². The zero-order chi connectivity index (χ0) is 16.4. The second kappa shape index (κ2) is 6.00. The molecule has 3 aromatic rings. The second-order valence-electron chi connectivity index (χ2n) is 4.97. The van der Waals surface area contributed by atoms with E-state index in [0.29, 0.717) is 0 Å². The Morgan fingerprint density at radius 3 is 2.57 bits per heavy atom. The van der Waals surface area contributed by atoms with Crippen molar-refractivity contribution in [2.24, 2.45) is 0 Å². The quantitative estimate of drug-likeness (QED) is 0.739. The lowest BCUT2D eigenvalue weighted by atomic mass is 10.3. The maximum Gasteiger partial charge on any atom is 0.266 e. The van der Waals surface area contributed by atoms with Gasteiger partial charge in [-0.05, 0) is 24.3 Å². The van der Waals surface area contributed by atoms with Crippen LogP contribution in [-0.4, -0.2) is 10.5 Å². The summed E-state index contributed by atoms with van der Waals surface area (Å²) in [5.41, 5.74) is 1.26. The van der Waals surface area contributed by atoms with Crippen molar-refractivity contribution in [2.75, 3.05) is 5.32 Å². The van der Waals surface area contributed by atoms with Crippen LogP contribution in [0, 0.1) is 11.6 Å². The average molecular weight is 314 g/mol. The number of para-hydroxylation sites is 3. The van der Waals surface area contributed by atoms with Gasteiger partial charge >= 0.3 is 0 Å². The van der Waals surface area contributed by atoms with E-state index in [2.05, 4.69) is 11.9 Å². The molecule has 1 heterocycles. The fourth-order valence-corrected chi connectivity index (χ4v) is 2.42. The zero-order valence-corrected chi connectivity index (χ0v) is 12.2. The van der Waals surface area contributed by atoms with Crippen molar-refractivity contribution in [2.45, 2.75) is 6.54 Å². The summed E-state index contributed by atoms with van der Waals surface area (Å²) in [7, 11) is 0. The van der Waals surface area contributed by atoms with E-state index < -0.39 is 23.2 Å². The molecule has 0 aliphatic heterocycles. The van der Waals surface area contributed by atoms with Gasteiger partial charge in [-0.3, -0.25) is 4.79 Å². The first-order valence-corrected chi connectivity index (χ1v) is 6.95. The smallest absolute Gasteiger partial charge is 0.266 e. The number of rotatable bonds is 4. The van der Waals surface area contributed by atoms with E-state index in [1.165, 1.54) is 6.07 Å². The van der Waals surface area contributed by atoms with Crippen molar-refractivity contribution in [1.29, 1.82) is 0 Å². The number of halogens is 2. The topological polar surface area (TPSA) is 37.9 Å². The van der Waals surface area contributed by atoms with E-state index in [-0.39, 0.29) is 6.54 Å². The third kappa shape index (κ3) is 2.83. The van der Waals surface area contributed by atoms with Crippen molar-refractivity contribution in [3.8, 4) is 0 Å². The zero-order valence-electron chi connectivity index (χ0n) is 12.2. The van der Waals surface area contributed by atoms with Crippen molar-refractivity contribution in [1.82, 2.24) is 4.57 Å². The number of carbonyl (C=O) groups excluding carboxylic acids is 1. The number of anilines is 1. The molecule has 0 aliphatic carbocycles. The number of nitrogens with one attached hydrogen (secondary N) is 1. The number of amides is 1. The summed E-state index contributed by atoms with van der Waals surface area (Å²) in [5.74, 6) is -2.14. The third-order valence-corrected chi connectivity index (χ3v) is 3.47. The highest BCUT2D eigenvalue weighted by molar-refractivity contribution is 5.90. The first-order valence-electron chi connectivity index (χ1n) is 6.95. The predicted octanol–water partition coefficient (Wildman–Crippen LogP) is 2.95. The summed E-state index contributed by atoms with van der Waals surface area (Å²) in [5, 5.41) is 2.27. The molecule has 0 aliphatic rings. The van der Waals surface area contributed by atoms with Crippen LogP contribution in [0.3, 0.4) is 0 Å². The molecule has 2 aromatic carbocycles. The minimum Gasteiger partial charge on any atom is -0.318 e. The molecule has 0 bridgehead atoms. The Morgan fingerprint density at radius 2 is 1.87 bits per heavy atom. The van der Waals surface area contributed by atoms with Gasteiger partial charge in [0.15, 0.2) is 17.6 Å². The van der Waals surface area contributed by atoms with Crippen LogP contribution in [0.15, 0.2) is 55.4 Å². The molecule has 0 saturated carbocycles. The van der Waals surface area contributed by atoms with Crippen LogP contribution in [0.1, 0.15) is 0 Å². The van der Waals surface area contributed by atoms with Crippen LogP contribution in [0.5, 0.6) is 0 Å². The van der Waals surface area contributed by atoms with Crippen LogP contribution < -0.4 is 9.88 Å². The van der Waals surface area contributed by atoms with E-state index in [1.54, 1.807) is 21.7 Å². The number of benzene rings is 2. The highest BCUT2D eigenvalue weighted by atomic mass is 19.1. The summed E-state index contributed by atoms with van der Waals surface area (Å²) in [6.45, 7) is 3.64. The number of nitrogens with zero attached hydrogens (tertiary/aromatic N) is 2. The molecule has 0 atom stereocenters. The summed E-state index contributed by atoms with van der Waals surface area (Å²) >= 11 is 0. The molecule has 1 aromatic heterocycles. The molecule has 116 valence electrons. The minimum absolute atomic E-state index is 0.0743. The number of imidazole rings is 1. The lowest BCUT2D eigenvalue weighted by molar-refractivity contribution is -0.658. The first-order chi connectivity index (χ1) is 11.1. The molecule has 4 nitrogen and oxygen atoms in total. The molecule has 0 radical (unpaired) electrons. The monoisotopic (exact) mass is 314 g/mol. The van der Waals surface area contributed by atoms with E-state index in [9.17, 15) is 13.6 Å². The Kier molecular flexibility index (Phi) is 3.89. The minimum atomic E-state index is -0.808. The van der Waals surface area contributed by atoms with Gasteiger partial charge in [0.1, 0.15) is 17.3 Å². The number of carbonyl (C=O) groups is 1. The van der Waals surface area contributed by atoms with Crippen molar-refractivity contribution in [3.63, 3.8) is 0 Å². The lowest BCUT2D eigenvalue weighted by Gasteiger charge is -2.06. The molecule has 0 fully saturated rings.